The summed E-state index contributed by atoms with van der Waals surface area (Å²) >= 11 is 1.16. The first-order valence-electron chi connectivity index (χ1n) is 3.93. The minimum atomic E-state index is -0.361. The Morgan fingerprint density at radius 3 is 2.46 bits per heavy atom. The minimum absolute atomic E-state index is 0.0273. The number of thiophene rings is 1. The Kier molecular flexibility index (Phi) is 3.19. The zero-order chi connectivity index (χ0) is 9.84. The van der Waals surface area contributed by atoms with E-state index >= 15 is 0 Å². The molecule has 0 radical (unpaired) electrons. The molecule has 0 amide bonds. The van der Waals surface area contributed by atoms with Crippen LogP contribution in [0.3, 0.4) is 0 Å². The fourth-order valence-electron chi connectivity index (χ4n) is 0.839. The Labute approximate surface area is 80.3 Å². The SMILES string of the molecule is CCOC(=O)c1ccc(C(C)=O)s1. The first kappa shape index (κ1) is 9.92. The first-order valence-corrected chi connectivity index (χ1v) is 4.74. The van der Waals surface area contributed by atoms with E-state index in [0.29, 0.717) is 16.4 Å². The summed E-state index contributed by atoms with van der Waals surface area (Å²) < 4.78 is 4.78. The molecule has 0 fully saturated rings. The fourth-order valence-corrected chi connectivity index (χ4v) is 1.63. The van der Waals surface area contributed by atoms with Crippen molar-refractivity contribution in [1.82, 2.24) is 0 Å². The van der Waals surface area contributed by atoms with Crippen molar-refractivity contribution in [1.29, 1.82) is 0 Å². The van der Waals surface area contributed by atoms with E-state index in [4.69, 9.17) is 4.74 Å². The number of carbonyl (C=O) groups excluding carboxylic acids is 2. The quantitative estimate of drug-likeness (QED) is 0.552. The van der Waals surface area contributed by atoms with Crippen molar-refractivity contribution >= 4 is 23.1 Å². The number of hydrogen-bond acceptors (Lipinski definition) is 4. The Hall–Kier alpha value is -1.16. The number of rotatable bonds is 3. The number of ether oxygens (including phenoxy) is 1. The average Bonchev–Trinajstić information content (AvgIpc) is 2.52. The summed E-state index contributed by atoms with van der Waals surface area (Å²) in [7, 11) is 0. The molecule has 0 spiro atoms. The molecule has 0 aliphatic heterocycles. The van der Waals surface area contributed by atoms with Gasteiger partial charge < -0.3 is 4.74 Å². The van der Waals surface area contributed by atoms with Crippen molar-refractivity contribution < 1.29 is 14.3 Å². The molecule has 0 unspecified atom stereocenters. The molecule has 0 N–H and O–H groups in total. The smallest absolute Gasteiger partial charge is 0.348 e. The van der Waals surface area contributed by atoms with E-state index in [0.717, 1.165) is 11.3 Å². The number of ketones is 1. The second-order valence-corrected chi connectivity index (χ2v) is 3.52. The van der Waals surface area contributed by atoms with Gasteiger partial charge in [-0.2, -0.15) is 0 Å². The second kappa shape index (κ2) is 4.18. The van der Waals surface area contributed by atoms with E-state index in [-0.39, 0.29) is 11.8 Å². The molecule has 0 atom stereocenters. The summed E-state index contributed by atoms with van der Waals surface area (Å²) in [6, 6.07) is 3.25. The predicted molar refractivity (Wildman–Crippen MR) is 50.3 cm³/mol. The number of esters is 1. The van der Waals surface area contributed by atoms with Gasteiger partial charge in [-0.3, -0.25) is 4.79 Å². The van der Waals surface area contributed by atoms with Crippen LogP contribution < -0.4 is 0 Å². The lowest BCUT2D eigenvalue weighted by Crippen LogP contribution is -2.01. The van der Waals surface area contributed by atoms with Gasteiger partial charge in [-0.05, 0) is 26.0 Å². The van der Waals surface area contributed by atoms with Crippen LogP contribution in [0, 0.1) is 0 Å². The summed E-state index contributed by atoms with van der Waals surface area (Å²) in [5.74, 6) is -0.388. The topological polar surface area (TPSA) is 43.4 Å². The summed E-state index contributed by atoms with van der Waals surface area (Å²) in [6.45, 7) is 3.57. The zero-order valence-corrected chi connectivity index (χ0v) is 8.31. The molecular formula is C9H10O3S. The second-order valence-electron chi connectivity index (χ2n) is 2.44. The van der Waals surface area contributed by atoms with Crippen LogP contribution in [0.25, 0.3) is 0 Å². The molecule has 0 bridgehead atoms. The van der Waals surface area contributed by atoms with Crippen molar-refractivity contribution in [3.63, 3.8) is 0 Å². The lowest BCUT2D eigenvalue weighted by atomic mass is 10.3. The highest BCUT2D eigenvalue weighted by Gasteiger charge is 2.11. The van der Waals surface area contributed by atoms with Gasteiger partial charge in [0.05, 0.1) is 11.5 Å². The zero-order valence-electron chi connectivity index (χ0n) is 7.49. The summed E-state index contributed by atoms with van der Waals surface area (Å²) in [5, 5.41) is 0. The van der Waals surface area contributed by atoms with Crippen LogP contribution >= 0.6 is 11.3 Å². The third-order valence-electron chi connectivity index (χ3n) is 1.43. The van der Waals surface area contributed by atoms with Gasteiger partial charge in [0.15, 0.2) is 5.78 Å². The molecule has 0 saturated carbocycles. The van der Waals surface area contributed by atoms with Gasteiger partial charge in [-0.25, -0.2) is 4.79 Å². The largest absolute Gasteiger partial charge is 0.462 e. The van der Waals surface area contributed by atoms with Gasteiger partial charge in [0.2, 0.25) is 0 Å². The Morgan fingerprint density at radius 1 is 1.38 bits per heavy atom. The molecule has 0 aliphatic rings. The number of carbonyl (C=O) groups is 2. The molecule has 1 heterocycles. The van der Waals surface area contributed by atoms with Crippen molar-refractivity contribution in [2.24, 2.45) is 0 Å². The Morgan fingerprint density at radius 2 is 2.00 bits per heavy atom. The molecule has 1 aromatic rings. The molecule has 0 saturated heterocycles. The standard InChI is InChI=1S/C9H10O3S/c1-3-12-9(11)8-5-4-7(13-8)6(2)10/h4-5H,3H2,1-2H3. The Balaban J connectivity index is 2.79. The average molecular weight is 198 g/mol. The molecule has 0 aliphatic carbocycles. The summed E-state index contributed by atoms with van der Waals surface area (Å²) in [4.78, 5) is 23.1. The van der Waals surface area contributed by atoms with Gasteiger partial charge in [-0.1, -0.05) is 0 Å². The monoisotopic (exact) mass is 198 g/mol. The molecule has 13 heavy (non-hydrogen) atoms. The highest BCUT2D eigenvalue weighted by atomic mass is 32.1. The van der Waals surface area contributed by atoms with Crippen LogP contribution in [0.2, 0.25) is 0 Å². The number of Topliss-reactive ketones (excluding diaryl/α,β-unsaturated/α-hetero) is 1. The molecule has 4 heteroatoms. The minimum Gasteiger partial charge on any atom is -0.462 e. The van der Waals surface area contributed by atoms with Gasteiger partial charge in [0.25, 0.3) is 0 Å². The van der Waals surface area contributed by atoms with Crippen LogP contribution in [-0.2, 0) is 4.74 Å². The van der Waals surface area contributed by atoms with E-state index in [1.165, 1.54) is 6.92 Å². The molecule has 1 aromatic heterocycles. The maximum atomic E-state index is 11.2. The molecule has 70 valence electrons. The van der Waals surface area contributed by atoms with E-state index in [1.54, 1.807) is 19.1 Å². The van der Waals surface area contributed by atoms with Gasteiger partial charge in [-0.15, -0.1) is 11.3 Å². The normalized spacial score (nSPS) is 9.69. The van der Waals surface area contributed by atoms with Gasteiger partial charge in [0, 0.05) is 0 Å². The van der Waals surface area contributed by atoms with Crippen LogP contribution in [0.4, 0.5) is 0 Å². The van der Waals surface area contributed by atoms with Gasteiger partial charge in [0.1, 0.15) is 4.88 Å². The molecular weight excluding hydrogens is 188 g/mol. The number of hydrogen-bond donors (Lipinski definition) is 0. The van der Waals surface area contributed by atoms with E-state index in [1.807, 2.05) is 0 Å². The predicted octanol–water partition coefficient (Wildman–Crippen LogP) is 2.13. The van der Waals surface area contributed by atoms with E-state index in [2.05, 4.69) is 0 Å². The van der Waals surface area contributed by atoms with Crippen molar-refractivity contribution in [3.05, 3.63) is 21.9 Å². The van der Waals surface area contributed by atoms with Crippen LogP contribution in [0.1, 0.15) is 33.2 Å². The lowest BCUT2D eigenvalue weighted by molar-refractivity contribution is 0.0532. The highest BCUT2D eigenvalue weighted by Crippen LogP contribution is 2.17. The van der Waals surface area contributed by atoms with Crippen molar-refractivity contribution in [3.8, 4) is 0 Å². The van der Waals surface area contributed by atoms with Crippen molar-refractivity contribution in [2.75, 3.05) is 6.61 Å². The first-order chi connectivity index (χ1) is 6.15. The molecule has 0 aromatic carbocycles. The van der Waals surface area contributed by atoms with Crippen LogP contribution in [0.5, 0.6) is 0 Å². The van der Waals surface area contributed by atoms with Crippen molar-refractivity contribution in [2.45, 2.75) is 13.8 Å². The van der Waals surface area contributed by atoms with Gasteiger partial charge >= 0.3 is 5.97 Å². The molecule has 3 nitrogen and oxygen atoms in total. The fraction of sp³-hybridized carbons (Fsp3) is 0.333. The lowest BCUT2D eigenvalue weighted by Gasteiger charge is -1.96. The summed E-state index contributed by atoms with van der Waals surface area (Å²) in [5.41, 5.74) is 0. The Bertz CT molecular complexity index is 327. The molecule has 1 rings (SSSR count). The maximum absolute atomic E-state index is 11.2. The van der Waals surface area contributed by atoms with E-state index in [9.17, 15) is 9.59 Å². The third kappa shape index (κ3) is 2.39. The van der Waals surface area contributed by atoms with Crippen LogP contribution in [0.15, 0.2) is 12.1 Å². The highest BCUT2D eigenvalue weighted by molar-refractivity contribution is 7.15. The summed E-state index contributed by atoms with van der Waals surface area (Å²) in [6.07, 6.45) is 0. The van der Waals surface area contributed by atoms with E-state index < -0.39 is 0 Å². The third-order valence-corrected chi connectivity index (χ3v) is 2.60. The van der Waals surface area contributed by atoms with Crippen LogP contribution in [-0.4, -0.2) is 18.4 Å². The maximum Gasteiger partial charge on any atom is 0.348 e.